The van der Waals surface area contributed by atoms with Gasteiger partial charge in [-0.15, -0.1) is 0 Å². The maximum absolute atomic E-state index is 12.7. The molecule has 0 atom stereocenters. The number of fused-ring (bicyclic) bond motifs is 1. The van der Waals surface area contributed by atoms with Crippen LogP contribution in [0.5, 0.6) is 0 Å². The highest BCUT2D eigenvalue weighted by atomic mass is 16.1. The molecule has 1 N–H and O–H groups in total. The number of amides is 1. The van der Waals surface area contributed by atoms with Crippen molar-refractivity contribution < 1.29 is 4.79 Å². The molecule has 4 nitrogen and oxygen atoms in total. The minimum atomic E-state index is -0.0327. The molecule has 0 aliphatic carbocycles. The molecular formula is C27H29N3O. The maximum Gasteiger partial charge on any atom is 0.251 e. The van der Waals surface area contributed by atoms with Gasteiger partial charge in [0.25, 0.3) is 5.91 Å². The Hall–Kier alpha value is -3.40. The van der Waals surface area contributed by atoms with E-state index in [1.165, 1.54) is 16.7 Å². The van der Waals surface area contributed by atoms with Crippen molar-refractivity contribution in [2.24, 2.45) is 0 Å². The summed E-state index contributed by atoms with van der Waals surface area (Å²) in [5.74, 6) is 0.956. The number of benzene rings is 3. The summed E-state index contributed by atoms with van der Waals surface area (Å²) in [4.78, 5) is 17.5. The Bertz CT molecular complexity index is 1250. The molecule has 158 valence electrons. The van der Waals surface area contributed by atoms with Gasteiger partial charge in [-0.3, -0.25) is 4.79 Å². The second-order valence-electron chi connectivity index (χ2n) is 8.36. The molecule has 4 heteroatoms. The lowest BCUT2D eigenvalue weighted by Gasteiger charge is -2.13. The fraction of sp³-hybridized carbons (Fsp3) is 0.259. The van der Waals surface area contributed by atoms with Gasteiger partial charge in [0, 0.05) is 25.1 Å². The minimum Gasteiger partial charge on any atom is -0.352 e. The normalized spacial score (nSPS) is 11.1. The SMILES string of the molecule is Cc1ccc(C(=O)NCCc2nc3ccccc3n2Cc2cc(C)ccc2C)c(C)c1. The topological polar surface area (TPSA) is 46.9 Å². The summed E-state index contributed by atoms with van der Waals surface area (Å²) in [7, 11) is 0. The molecular weight excluding hydrogens is 382 g/mol. The van der Waals surface area contributed by atoms with Crippen LogP contribution in [0.4, 0.5) is 0 Å². The van der Waals surface area contributed by atoms with Gasteiger partial charge < -0.3 is 9.88 Å². The minimum absolute atomic E-state index is 0.0327. The van der Waals surface area contributed by atoms with Crippen LogP contribution in [0.3, 0.4) is 0 Å². The molecule has 1 amide bonds. The number of hydrogen-bond acceptors (Lipinski definition) is 2. The van der Waals surface area contributed by atoms with Crippen LogP contribution in [0, 0.1) is 27.7 Å². The summed E-state index contributed by atoms with van der Waals surface area (Å²) >= 11 is 0. The molecule has 0 spiro atoms. The van der Waals surface area contributed by atoms with Crippen LogP contribution in [0.2, 0.25) is 0 Å². The molecule has 0 saturated carbocycles. The maximum atomic E-state index is 12.7. The van der Waals surface area contributed by atoms with E-state index in [0.29, 0.717) is 13.0 Å². The van der Waals surface area contributed by atoms with Crippen LogP contribution >= 0.6 is 0 Å². The highest BCUT2D eigenvalue weighted by Gasteiger charge is 2.13. The predicted octanol–water partition coefficient (Wildman–Crippen LogP) is 5.29. The van der Waals surface area contributed by atoms with Crippen molar-refractivity contribution in [2.75, 3.05) is 6.54 Å². The molecule has 0 radical (unpaired) electrons. The van der Waals surface area contributed by atoms with E-state index in [9.17, 15) is 4.79 Å². The average Bonchev–Trinajstić information content (AvgIpc) is 3.08. The fourth-order valence-electron chi connectivity index (χ4n) is 4.09. The van der Waals surface area contributed by atoms with Gasteiger partial charge in [-0.1, -0.05) is 53.6 Å². The molecule has 1 heterocycles. The Morgan fingerprint density at radius 3 is 2.45 bits per heavy atom. The van der Waals surface area contributed by atoms with E-state index >= 15 is 0 Å². The first kappa shape index (κ1) is 20.9. The molecule has 31 heavy (non-hydrogen) atoms. The number of aryl methyl sites for hydroxylation is 4. The van der Waals surface area contributed by atoms with Gasteiger partial charge in [0.05, 0.1) is 11.0 Å². The molecule has 0 saturated heterocycles. The monoisotopic (exact) mass is 411 g/mol. The second kappa shape index (κ2) is 8.76. The van der Waals surface area contributed by atoms with Gasteiger partial charge in [-0.05, 0) is 62.6 Å². The highest BCUT2D eigenvalue weighted by Crippen LogP contribution is 2.20. The number of imidazole rings is 1. The quantitative estimate of drug-likeness (QED) is 0.469. The zero-order valence-electron chi connectivity index (χ0n) is 18.7. The Balaban J connectivity index is 1.55. The molecule has 0 unspecified atom stereocenters. The lowest BCUT2D eigenvalue weighted by molar-refractivity contribution is 0.0953. The summed E-state index contributed by atoms with van der Waals surface area (Å²) in [6, 6.07) is 20.7. The van der Waals surface area contributed by atoms with Crippen molar-refractivity contribution in [2.45, 2.75) is 40.7 Å². The van der Waals surface area contributed by atoms with Crippen LogP contribution in [0.15, 0.2) is 60.7 Å². The zero-order valence-corrected chi connectivity index (χ0v) is 18.7. The van der Waals surface area contributed by atoms with Crippen LogP contribution < -0.4 is 5.32 Å². The van der Waals surface area contributed by atoms with Gasteiger partial charge in [-0.25, -0.2) is 4.98 Å². The van der Waals surface area contributed by atoms with E-state index in [1.807, 2.05) is 44.2 Å². The number of rotatable bonds is 6. The average molecular weight is 412 g/mol. The van der Waals surface area contributed by atoms with E-state index in [1.54, 1.807) is 0 Å². The van der Waals surface area contributed by atoms with Crippen molar-refractivity contribution in [3.63, 3.8) is 0 Å². The molecule has 1 aromatic heterocycles. The van der Waals surface area contributed by atoms with Gasteiger partial charge in [0.15, 0.2) is 0 Å². The number of carbonyl (C=O) groups is 1. The Morgan fingerprint density at radius 2 is 1.65 bits per heavy atom. The molecule has 4 aromatic rings. The van der Waals surface area contributed by atoms with Gasteiger partial charge in [0.2, 0.25) is 0 Å². The van der Waals surface area contributed by atoms with E-state index in [4.69, 9.17) is 4.98 Å². The summed E-state index contributed by atoms with van der Waals surface area (Å²) in [5.41, 5.74) is 8.83. The summed E-state index contributed by atoms with van der Waals surface area (Å²) in [6.07, 6.45) is 0.677. The third-order valence-corrected chi connectivity index (χ3v) is 5.83. The van der Waals surface area contributed by atoms with E-state index in [0.717, 1.165) is 40.1 Å². The first-order valence-electron chi connectivity index (χ1n) is 10.8. The zero-order chi connectivity index (χ0) is 22.0. The molecule has 0 aliphatic heterocycles. The number of hydrogen-bond donors (Lipinski definition) is 1. The molecule has 0 bridgehead atoms. The van der Waals surface area contributed by atoms with Crippen molar-refractivity contribution in [1.82, 2.24) is 14.9 Å². The molecule has 3 aromatic carbocycles. The van der Waals surface area contributed by atoms with Crippen LogP contribution in [0.25, 0.3) is 11.0 Å². The third kappa shape index (κ3) is 4.53. The van der Waals surface area contributed by atoms with Gasteiger partial charge in [-0.2, -0.15) is 0 Å². The standard InChI is InChI=1S/C27H29N3O/c1-18-10-12-23(21(4)15-18)27(31)28-14-13-26-29-24-7-5-6-8-25(24)30(26)17-22-16-19(2)9-11-20(22)3/h5-12,15-16H,13-14,17H2,1-4H3,(H,28,31). The Kier molecular flexibility index (Phi) is 5.90. The predicted molar refractivity (Wildman–Crippen MR) is 127 cm³/mol. The Labute approximate surface area is 183 Å². The lowest BCUT2D eigenvalue weighted by atomic mass is 10.1. The van der Waals surface area contributed by atoms with E-state index < -0.39 is 0 Å². The smallest absolute Gasteiger partial charge is 0.251 e. The second-order valence-corrected chi connectivity index (χ2v) is 8.36. The number of aromatic nitrogens is 2. The first-order valence-corrected chi connectivity index (χ1v) is 10.8. The van der Waals surface area contributed by atoms with Crippen molar-refractivity contribution in [1.29, 1.82) is 0 Å². The molecule has 0 aliphatic rings. The van der Waals surface area contributed by atoms with Crippen molar-refractivity contribution in [3.8, 4) is 0 Å². The largest absolute Gasteiger partial charge is 0.352 e. The Morgan fingerprint density at radius 1 is 0.903 bits per heavy atom. The number of nitrogens with zero attached hydrogens (tertiary/aromatic N) is 2. The summed E-state index contributed by atoms with van der Waals surface area (Å²) in [5, 5.41) is 3.07. The van der Waals surface area contributed by atoms with Gasteiger partial charge >= 0.3 is 0 Å². The number of carbonyl (C=O) groups excluding carboxylic acids is 1. The first-order chi connectivity index (χ1) is 14.9. The van der Waals surface area contributed by atoms with Crippen LogP contribution in [0.1, 0.15) is 44.0 Å². The fourth-order valence-corrected chi connectivity index (χ4v) is 4.09. The van der Waals surface area contributed by atoms with E-state index in [-0.39, 0.29) is 5.91 Å². The number of nitrogens with one attached hydrogen (secondary N) is 1. The van der Waals surface area contributed by atoms with E-state index in [2.05, 4.69) is 54.1 Å². The van der Waals surface area contributed by atoms with Crippen LogP contribution in [-0.2, 0) is 13.0 Å². The summed E-state index contributed by atoms with van der Waals surface area (Å²) in [6.45, 7) is 9.60. The van der Waals surface area contributed by atoms with Crippen molar-refractivity contribution in [3.05, 3.63) is 99.9 Å². The third-order valence-electron chi connectivity index (χ3n) is 5.83. The van der Waals surface area contributed by atoms with Crippen molar-refractivity contribution >= 4 is 16.9 Å². The van der Waals surface area contributed by atoms with Crippen LogP contribution in [-0.4, -0.2) is 22.0 Å². The van der Waals surface area contributed by atoms with Gasteiger partial charge in [0.1, 0.15) is 5.82 Å². The summed E-state index contributed by atoms with van der Waals surface area (Å²) < 4.78 is 2.28. The molecule has 4 rings (SSSR count). The molecule has 0 fully saturated rings. The number of para-hydroxylation sites is 2. The lowest BCUT2D eigenvalue weighted by Crippen LogP contribution is -2.27. The highest BCUT2D eigenvalue weighted by molar-refractivity contribution is 5.95.